The summed E-state index contributed by atoms with van der Waals surface area (Å²) >= 11 is 0. The van der Waals surface area contributed by atoms with Crippen LogP contribution >= 0.6 is 0 Å². The molecule has 102 valence electrons. The first-order valence-electron chi connectivity index (χ1n) is 5.90. The second kappa shape index (κ2) is 5.17. The molecule has 1 heterocycles. The number of ether oxygens (including phenoxy) is 2. The van der Waals surface area contributed by atoms with Gasteiger partial charge in [0.15, 0.2) is 0 Å². The summed E-state index contributed by atoms with van der Waals surface area (Å²) in [6.07, 6.45) is 0. The van der Waals surface area contributed by atoms with Gasteiger partial charge in [-0.15, -0.1) is 0 Å². The minimum atomic E-state index is -0.432. The summed E-state index contributed by atoms with van der Waals surface area (Å²) in [6, 6.07) is 4.74. The summed E-state index contributed by atoms with van der Waals surface area (Å²) < 4.78 is 10.3. The third-order valence-corrected chi connectivity index (χ3v) is 3.03. The highest BCUT2D eigenvalue weighted by molar-refractivity contribution is 6.06. The van der Waals surface area contributed by atoms with Crippen molar-refractivity contribution < 1.29 is 19.1 Å². The number of rotatable bonds is 3. The van der Waals surface area contributed by atoms with E-state index in [4.69, 9.17) is 9.47 Å². The Morgan fingerprint density at radius 2 is 1.74 bits per heavy atom. The summed E-state index contributed by atoms with van der Waals surface area (Å²) in [5.41, 5.74) is 0.632. The average Bonchev–Trinajstić information content (AvgIpc) is 2.42. The van der Waals surface area contributed by atoms with Gasteiger partial charge in [-0.25, -0.2) is 4.79 Å². The quantitative estimate of drug-likeness (QED) is 0.896. The number of benzene rings is 1. The summed E-state index contributed by atoms with van der Waals surface area (Å²) in [6.45, 7) is 2.10. The standard InChI is InChI=1S/C13H16N2O4/c1-8-7-15(13(17)14-12(8)16)9-4-10(18-2)6-11(5-9)19-3/h4-6,8H,7H2,1-3H3,(H,14,16,17). The van der Waals surface area contributed by atoms with Gasteiger partial charge in [-0.1, -0.05) is 6.92 Å². The Labute approximate surface area is 111 Å². The topological polar surface area (TPSA) is 67.9 Å². The molecule has 1 aromatic carbocycles. The van der Waals surface area contributed by atoms with Gasteiger partial charge in [0.25, 0.3) is 0 Å². The van der Waals surface area contributed by atoms with Crippen molar-refractivity contribution in [2.24, 2.45) is 5.92 Å². The summed E-state index contributed by atoms with van der Waals surface area (Å²) in [4.78, 5) is 24.8. The molecule has 0 bridgehead atoms. The van der Waals surface area contributed by atoms with E-state index in [0.29, 0.717) is 23.7 Å². The summed E-state index contributed by atoms with van der Waals surface area (Å²) in [5, 5.41) is 2.32. The number of anilines is 1. The van der Waals surface area contributed by atoms with Gasteiger partial charge in [0.05, 0.1) is 25.8 Å². The lowest BCUT2D eigenvalue weighted by atomic mass is 10.1. The Balaban J connectivity index is 2.35. The molecule has 2 rings (SSSR count). The van der Waals surface area contributed by atoms with Crippen LogP contribution in [0, 0.1) is 5.92 Å². The number of carbonyl (C=O) groups is 2. The average molecular weight is 264 g/mol. The molecule has 1 aliphatic rings. The largest absolute Gasteiger partial charge is 0.497 e. The van der Waals surface area contributed by atoms with Gasteiger partial charge in [0.1, 0.15) is 11.5 Å². The van der Waals surface area contributed by atoms with Gasteiger partial charge in [0, 0.05) is 24.7 Å². The van der Waals surface area contributed by atoms with E-state index in [-0.39, 0.29) is 11.8 Å². The highest BCUT2D eigenvalue weighted by Gasteiger charge is 2.30. The minimum absolute atomic E-state index is 0.254. The van der Waals surface area contributed by atoms with Gasteiger partial charge in [-0.2, -0.15) is 0 Å². The van der Waals surface area contributed by atoms with Gasteiger partial charge in [-0.05, 0) is 0 Å². The summed E-state index contributed by atoms with van der Waals surface area (Å²) in [5.74, 6) is 0.671. The smallest absolute Gasteiger partial charge is 0.328 e. The molecule has 0 radical (unpaired) electrons. The first-order valence-corrected chi connectivity index (χ1v) is 5.90. The molecule has 1 N–H and O–H groups in total. The van der Waals surface area contributed by atoms with Crippen LogP contribution in [-0.2, 0) is 4.79 Å². The number of imide groups is 1. The second-order valence-corrected chi connectivity index (χ2v) is 4.38. The Bertz CT molecular complexity index is 493. The molecule has 1 fully saturated rings. The molecule has 1 atom stereocenters. The van der Waals surface area contributed by atoms with Crippen molar-refractivity contribution in [1.29, 1.82) is 0 Å². The zero-order valence-electron chi connectivity index (χ0n) is 11.1. The number of methoxy groups -OCH3 is 2. The van der Waals surface area contributed by atoms with Crippen LogP contribution in [0.2, 0.25) is 0 Å². The van der Waals surface area contributed by atoms with Gasteiger partial charge < -0.3 is 9.47 Å². The molecule has 6 heteroatoms. The van der Waals surface area contributed by atoms with Crippen molar-refractivity contribution in [3.05, 3.63) is 18.2 Å². The van der Waals surface area contributed by atoms with Crippen molar-refractivity contribution in [3.8, 4) is 11.5 Å². The zero-order valence-corrected chi connectivity index (χ0v) is 11.1. The molecule has 19 heavy (non-hydrogen) atoms. The van der Waals surface area contributed by atoms with E-state index >= 15 is 0 Å². The summed E-state index contributed by atoms with van der Waals surface area (Å²) in [7, 11) is 3.09. The maximum absolute atomic E-state index is 11.9. The monoisotopic (exact) mass is 264 g/mol. The van der Waals surface area contributed by atoms with Crippen LogP contribution in [-0.4, -0.2) is 32.7 Å². The van der Waals surface area contributed by atoms with E-state index in [2.05, 4.69) is 5.32 Å². The van der Waals surface area contributed by atoms with Crippen LogP contribution in [0.3, 0.4) is 0 Å². The lowest BCUT2D eigenvalue weighted by Crippen LogP contribution is -2.53. The fraction of sp³-hybridized carbons (Fsp3) is 0.385. The van der Waals surface area contributed by atoms with Crippen LogP contribution in [0.15, 0.2) is 18.2 Å². The third-order valence-electron chi connectivity index (χ3n) is 3.03. The molecular formula is C13H16N2O4. The SMILES string of the molecule is COc1cc(OC)cc(N2CC(C)C(=O)NC2=O)c1. The van der Waals surface area contributed by atoms with Crippen LogP contribution in [0.5, 0.6) is 11.5 Å². The number of carbonyl (C=O) groups excluding carboxylic acids is 2. The molecule has 0 saturated carbocycles. The van der Waals surface area contributed by atoms with E-state index < -0.39 is 6.03 Å². The van der Waals surface area contributed by atoms with Crippen molar-refractivity contribution in [2.75, 3.05) is 25.7 Å². The van der Waals surface area contributed by atoms with Crippen LogP contribution in [0.25, 0.3) is 0 Å². The number of urea groups is 1. The molecule has 1 aliphatic heterocycles. The Kier molecular flexibility index (Phi) is 3.59. The van der Waals surface area contributed by atoms with Crippen LogP contribution in [0.1, 0.15) is 6.92 Å². The fourth-order valence-corrected chi connectivity index (χ4v) is 1.91. The maximum Gasteiger partial charge on any atom is 0.328 e. The van der Waals surface area contributed by atoms with E-state index in [1.165, 1.54) is 4.90 Å². The van der Waals surface area contributed by atoms with Gasteiger partial charge in [0.2, 0.25) is 5.91 Å². The van der Waals surface area contributed by atoms with Crippen molar-refractivity contribution in [2.45, 2.75) is 6.92 Å². The first-order chi connectivity index (χ1) is 9.05. The Morgan fingerprint density at radius 3 is 2.26 bits per heavy atom. The van der Waals surface area contributed by atoms with E-state index in [1.54, 1.807) is 39.3 Å². The molecule has 0 aliphatic carbocycles. The van der Waals surface area contributed by atoms with Gasteiger partial charge >= 0.3 is 6.03 Å². The van der Waals surface area contributed by atoms with Crippen molar-refractivity contribution in [3.63, 3.8) is 0 Å². The number of nitrogens with zero attached hydrogens (tertiary/aromatic N) is 1. The van der Waals surface area contributed by atoms with Gasteiger partial charge in [-0.3, -0.25) is 15.0 Å². The van der Waals surface area contributed by atoms with E-state index in [1.807, 2.05) is 0 Å². The normalized spacial score (nSPS) is 19.1. The van der Waals surface area contributed by atoms with Crippen molar-refractivity contribution >= 4 is 17.6 Å². The Hall–Kier alpha value is -2.24. The molecule has 1 saturated heterocycles. The molecular weight excluding hydrogens is 248 g/mol. The molecule has 6 nitrogen and oxygen atoms in total. The highest BCUT2D eigenvalue weighted by Crippen LogP contribution is 2.29. The number of hydrogen-bond acceptors (Lipinski definition) is 4. The predicted molar refractivity (Wildman–Crippen MR) is 69.6 cm³/mol. The zero-order chi connectivity index (χ0) is 14.0. The van der Waals surface area contributed by atoms with Crippen LogP contribution in [0.4, 0.5) is 10.5 Å². The fourth-order valence-electron chi connectivity index (χ4n) is 1.91. The maximum atomic E-state index is 11.9. The Morgan fingerprint density at radius 1 is 1.16 bits per heavy atom. The van der Waals surface area contributed by atoms with Crippen LogP contribution < -0.4 is 19.7 Å². The predicted octanol–water partition coefficient (Wildman–Crippen LogP) is 1.40. The number of hydrogen-bond donors (Lipinski definition) is 1. The first kappa shape index (κ1) is 13.2. The van der Waals surface area contributed by atoms with Crippen molar-refractivity contribution in [1.82, 2.24) is 5.32 Å². The second-order valence-electron chi connectivity index (χ2n) is 4.38. The molecule has 0 spiro atoms. The molecule has 1 aromatic rings. The minimum Gasteiger partial charge on any atom is -0.497 e. The van der Waals surface area contributed by atoms with E-state index in [0.717, 1.165) is 0 Å². The number of amides is 3. The molecule has 0 aromatic heterocycles. The molecule has 1 unspecified atom stereocenters. The lowest BCUT2D eigenvalue weighted by Gasteiger charge is -2.30. The lowest BCUT2D eigenvalue weighted by molar-refractivity contribution is -0.123. The molecule has 3 amide bonds. The van der Waals surface area contributed by atoms with E-state index in [9.17, 15) is 9.59 Å². The highest BCUT2D eigenvalue weighted by atomic mass is 16.5. The number of nitrogens with one attached hydrogen (secondary N) is 1. The third kappa shape index (κ3) is 2.62.